The number of methoxy groups -OCH3 is 1. The fourth-order valence-corrected chi connectivity index (χ4v) is 2.61. The van der Waals surface area contributed by atoms with Gasteiger partial charge >= 0.3 is 5.97 Å². The normalized spacial score (nSPS) is 10.4. The molecule has 0 unspecified atom stereocenters. The van der Waals surface area contributed by atoms with Crippen LogP contribution in [0.1, 0.15) is 42.6 Å². The van der Waals surface area contributed by atoms with Crippen LogP contribution in [0.25, 0.3) is 0 Å². The molecule has 0 fully saturated rings. The highest BCUT2D eigenvalue weighted by atomic mass is 16.5. The van der Waals surface area contributed by atoms with Crippen LogP contribution < -0.4 is 10.2 Å². The van der Waals surface area contributed by atoms with E-state index in [9.17, 15) is 14.4 Å². The first kappa shape index (κ1) is 20.2. The molecule has 6 nitrogen and oxygen atoms in total. The maximum atomic E-state index is 12.4. The van der Waals surface area contributed by atoms with Crippen LogP contribution in [0, 0.1) is 0 Å². The van der Waals surface area contributed by atoms with Gasteiger partial charge in [-0.2, -0.15) is 0 Å². The second kappa shape index (κ2) is 8.98. The molecule has 0 saturated heterocycles. The molecule has 1 N–H and O–H groups in total. The Morgan fingerprint density at radius 3 is 2.30 bits per heavy atom. The van der Waals surface area contributed by atoms with Gasteiger partial charge in [-0.3, -0.25) is 9.59 Å². The minimum absolute atomic E-state index is 0.126. The summed E-state index contributed by atoms with van der Waals surface area (Å²) in [6.07, 6.45) is 0. The molecule has 142 valence electrons. The second-order valence-corrected chi connectivity index (χ2v) is 6.47. The third-order valence-electron chi connectivity index (χ3n) is 4.12. The number of carbonyl (C=O) groups is 3. The van der Waals surface area contributed by atoms with Gasteiger partial charge in [0.05, 0.1) is 12.7 Å². The number of carbonyl (C=O) groups excluding carboxylic acids is 3. The van der Waals surface area contributed by atoms with Gasteiger partial charge in [0.2, 0.25) is 11.8 Å². The number of hydrogen-bond donors (Lipinski definition) is 1. The number of nitrogens with one attached hydrogen (secondary N) is 1. The number of rotatable bonds is 6. The fraction of sp³-hybridized carbons (Fsp3) is 0.286. The molecule has 2 aromatic carbocycles. The first-order chi connectivity index (χ1) is 12.8. The van der Waals surface area contributed by atoms with Crippen molar-refractivity contribution < 1.29 is 19.1 Å². The van der Waals surface area contributed by atoms with Crippen molar-refractivity contribution in [3.05, 3.63) is 59.7 Å². The van der Waals surface area contributed by atoms with Gasteiger partial charge in [0.1, 0.15) is 6.54 Å². The molecular weight excluding hydrogens is 344 g/mol. The Hall–Kier alpha value is -3.15. The van der Waals surface area contributed by atoms with Crippen LogP contribution in [-0.2, 0) is 14.3 Å². The number of nitrogens with zero attached hydrogens (tertiary/aromatic N) is 1. The van der Waals surface area contributed by atoms with E-state index in [1.165, 1.54) is 25.0 Å². The van der Waals surface area contributed by atoms with Crippen molar-refractivity contribution in [2.75, 3.05) is 23.9 Å². The lowest BCUT2D eigenvalue weighted by Gasteiger charge is -2.21. The predicted molar refractivity (Wildman–Crippen MR) is 105 cm³/mol. The van der Waals surface area contributed by atoms with E-state index in [0.717, 1.165) is 5.56 Å². The Bertz CT molecular complexity index is 828. The summed E-state index contributed by atoms with van der Waals surface area (Å²) in [5.74, 6) is -0.692. The molecule has 0 saturated carbocycles. The number of amides is 2. The number of anilines is 2. The lowest BCUT2D eigenvalue weighted by molar-refractivity contribution is -0.120. The van der Waals surface area contributed by atoms with E-state index in [1.54, 1.807) is 18.2 Å². The highest BCUT2D eigenvalue weighted by Crippen LogP contribution is 2.20. The average molecular weight is 368 g/mol. The van der Waals surface area contributed by atoms with Crippen LogP contribution in [0.4, 0.5) is 11.4 Å². The zero-order valence-corrected chi connectivity index (χ0v) is 16.0. The molecule has 2 aromatic rings. The van der Waals surface area contributed by atoms with Crippen molar-refractivity contribution in [1.29, 1.82) is 0 Å². The van der Waals surface area contributed by atoms with E-state index in [0.29, 0.717) is 22.9 Å². The van der Waals surface area contributed by atoms with Crippen LogP contribution >= 0.6 is 0 Å². The zero-order chi connectivity index (χ0) is 20.0. The fourth-order valence-electron chi connectivity index (χ4n) is 2.61. The van der Waals surface area contributed by atoms with Gasteiger partial charge in [-0.1, -0.05) is 32.0 Å². The average Bonchev–Trinajstić information content (AvgIpc) is 2.65. The lowest BCUT2D eigenvalue weighted by Crippen LogP contribution is -2.36. The van der Waals surface area contributed by atoms with Crippen molar-refractivity contribution in [2.45, 2.75) is 26.7 Å². The third-order valence-corrected chi connectivity index (χ3v) is 4.12. The van der Waals surface area contributed by atoms with Gasteiger partial charge in [0.15, 0.2) is 0 Å². The van der Waals surface area contributed by atoms with Crippen LogP contribution in [-0.4, -0.2) is 31.4 Å². The SMILES string of the molecule is COC(=O)c1cccc(NC(=O)CN(C(C)=O)c2ccc(C(C)C)cc2)c1. The molecule has 0 atom stereocenters. The first-order valence-electron chi connectivity index (χ1n) is 8.68. The van der Waals surface area contributed by atoms with E-state index in [1.807, 2.05) is 24.3 Å². The molecule has 0 bridgehead atoms. The van der Waals surface area contributed by atoms with E-state index < -0.39 is 5.97 Å². The second-order valence-electron chi connectivity index (χ2n) is 6.47. The number of esters is 1. The topological polar surface area (TPSA) is 75.7 Å². The summed E-state index contributed by atoms with van der Waals surface area (Å²) in [6, 6.07) is 14.0. The van der Waals surface area contributed by atoms with Crippen molar-refractivity contribution in [3.8, 4) is 0 Å². The van der Waals surface area contributed by atoms with Crippen LogP contribution in [0.2, 0.25) is 0 Å². The molecule has 0 aliphatic rings. The molecule has 0 radical (unpaired) electrons. The Balaban J connectivity index is 2.11. The lowest BCUT2D eigenvalue weighted by atomic mass is 10.0. The van der Waals surface area contributed by atoms with Crippen molar-refractivity contribution in [2.24, 2.45) is 0 Å². The quantitative estimate of drug-likeness (QED) is 0.791. The monoisotopic (exact) mass is 368 g/mol. The standard InChI is InChI=1S/C21H24N2O4/c1-14(2)16-8-10-19(11-9-16)23(15(3)24)13-20(25)22-18-7-5-6-17(12-18)21(26)27-4/h5-12,14H,13H2,1-4H3,(H,22,25). The molecule has 0 heterocycles. The summed E-state index contributed by atoms with van der Waals surface area (Å²) in [6.45, 7) is 5.47. The summed E-state index contributed by atoms with van der Waals surface area (Å²) in [5, 5.41) is 2.71. The Morgan fingerprint density at radius 1 is 1.07 bits per heavy atom. The van der Waals surface area contributed by atoms with Crippen molar-refractivity contribution >= 4 is 29.2 Å². The van der Waals surface area contributed by atoms with Crippen LogP contribution in [0.3, 0.4) is 0 Å². The smallest absolute Gasteiger partial charge is 0.337 e. The van der Waals surface area contributed by atoms with Crippen molar-refractivity contribution in [3.63, 3.8) is 0 Å². The molecule has 0 spiro atoms. The van der Waals surface area contributed by atoms with Gasteiger partial charge in [0.25, 0.3) is 0 Å². The largest absolute Gasteiger partial charge is 0.465 e. The molecule has 0 aliphatic heterocycles. The van der Waals surface area contributed by atoms with Gasteiger partial charge in [-0.25, -0.2) is 4.79 Å². The first-order valence-corrected chi connectivity index (χ1v) is 8.68. The molecular formula is C21H24N2O4. The highest BCUT2D eigenvalue weighted by Gasteiger charge is 2.16. The van der Waals surface area contributed by atoms with E-state index in [-0.39, 0.29) is 18.4 Å². The van der Waals surface area contributed by atoms with Gasteiger partial charge in [0, 0.05) is 18.3 Å². The van der Waals surface area contributed by atoms with E-state index >= 15 is 0 Å². The van der Waals surface area contributed by atoms with E-state index in [4.69, 9.17) is 0 Å². The molecule has 0 aliphatic carbocycles. The molecule has 2 amide bonds. The maximum Gasteiger partial charge on any atom is 0.337 e. The molecule has 2 rings (SSSR count). The van der Waals surface area contributed by atoms with Gasteiger partial charge < -0.3 is 15.0 Å². The predicted octanol–water partition coefficient (Wildman–Crippen LogP) is 3.59. The summed E-state index contributed by atoms with van der Waals surface area (Å²) < 4.78 is 4.67. The summed E-state index contributed by atoms with van der Waals surface area (Å²) >= 11 is 0. The Labute approximate surface area is 159 Å². The summed E-state index contributed by atoms with van der Waals surface area (Å²) in [4.78, 5) is 37.4. The highest BCUT2D eigenvalue weighted by molar-refractivity contribution is 6.02. The number of ether oxygens (including phenoxy) is 1. The molecule has 6 heteroatoms. The summed E-state index contributed by atoms with van der Waals surface area (Å²) in [5.41, 5.74) is 2.61. The van der Waals surface area contributed by atoms with Gasteiger partial charge in [-0.15, -0.1) is 0 Å². The minimum Gasteiger partial charge on any atom is -0.465 e. The number of benzene rings is 2. The Morgan fingerprint density at radius 2 is 1.74 bits per heavy atom. The van der Waals surface area contributed by atoms with E-state index in [2.05, 4.69) is 23.9 Å². The van der Waals surface area contributed by atoms with Crippen molar-refractivity contribution in [1.82, 2.24) is 0 Å². The number of hydrogen-bond acceptors (Lipinski definition) is 4. The maximum absolute atomic E-state index is 12.4. The zero-order valence-electron chi connectivity index (χ0n) is 16.0. The van der Waals surface area contributed by atoms with Crippen LogP contribution in [0.15, 0.2) is 48.5 Å². The summed E-state index contributed by atoms with van der Waals surface area (Å²) in [7, 11) is 1.29. The minimum atomic E-state index is -0.485. The Kier molecular flexibility index (Phi) is 6.71. The molecule has 0 aromatic heterocycles. The molecule has 27 heavy (non-hydrogen) atoms. The van der Waals surface area contributed by atoms with Gasteiger partial charge in [-0.05, 0) is 41.8 Å². The third kappa shape index (κ3) is 5.41. The van der Waals surface area contributed by atoms with Crippen LogP contribution in [0.5, 0.6) is 0 Å².